The first kappa shape index (κ1) is 24.0. The van der Waals surface area contributed by atoms with Crippen LogP contribution in [0.15, 0.2) is 78.9 Å². The minimum Gasteiger partial charge on any atom is -0.481 e. The van der Waals surface area contributed by atoms with Crippen molar-refractivity contribution < 1.29 is 24.2 Å². The Balaban J connectivity index is 1.35. The van der Waals surface area contributed by atoms with E-state index in [0.717, 1.165) is 27.8 Å². The molecule has 1 aliphatic rings. The second kappa shape index (κ2) is 10.9. The Kier molecular flexibility index (Phi) is 7.45. The van der Waals surface area contributed by atoms with Gasteiger partial charge < -0.3 is 20.5 Å². The fraction of sp³-hybridized carbons (Fsp3) is 0.250. The number of fused-ring (bicyclic) bond motifs is 3. The Morgan fingerprint density at radius 2 is 1.43 bits per heavy atom. The standard InChI is InChI=1S/C28H28N2O5/c1-18(27(33)30-25(15-16-26(31)32)19-9-3-2-4-10-19)29-28(34)35-17-24-22-13-7-5-11-20(22)21-12-6-8-14-23(21)24/h2-14,18,24-25H,15-17H2,1H3,(H,29,34)(H,30,33)(H,31,32). The zero-order valence-corrected chi connectivity index (χ0v) is 19.4. The third-order valence-corrected chi connectivity index (χ3v) is 6.24. The Morgan fingerprint density at radius 1 is 0.857 bits per heavy atom. The van der Waals surface area contributed by atoms with E-state index < -0.39 is 30.1 Å². The summed E-state index contributed by atoms with van der Waals surface area (Å²) in [5.41, 5.74) is 5.29. The lowest BCUT2D eigenvalue weighted by molar-refractivity contribution is -0.137. The van der Waals surface area contributed by atoms with Gasteiger partial charge in [0.05, 0.1) is 6.04 Å². The smallest absolute Gasteiger partial charge is 0.407 e. The van der Waals surface area contributed by atoms with Gasteiger partial charge in [-0.25, -0.2) is 4.79 Å². The lowest BCUT2D eigenvalue weighted by Gasteiger charge is -2.22. The number of aliphatic carboxylic acids is 1. The zero-order chi connectivity index (χ0) is 24.8. The molecule has 0 fully saturated rings. The summed E-state index contributed by atoms with van der Waals surface area (Å²) in [6, 6.07) is 24.0. The molecule has 1 aliphatic carbocycles. The van der Waals surface area contributed by atoms with Crippen LogP contribution in [0.5, 0.6) is 0 Å². The Morgan fingerprint density at radius 3 is 2.03 bits per heavy atom. The molecule has 0 bridgehead atoms. The van der Waals surface area contributed by atoms with Crippen LogP contribution in [0.3, 0.4) is 0 Å². The predicted octanol–water partition coefficient (Wildman–Crippen LogP) is 4.64. The first-order chi connectivity index (χ1) is 16.9. The van der Waals surface area contributed by atoms with Gasteiger partial charge in [-0.3, -0.25) is 9.59 Å². The molecule has 180 valence electrons. The monoisotopic (exact) mass is 472 g/mol. The van der Waals surface area contributed by atoms with Gasteiger partial charge in [-0.2, -0.15) is 0 Å². The van der Waals surface area contributed by atoms with E-state index in [1.165, 1.54) is 0 Å². The lowest BCUT2D eigenvalue weighted by atomic mass is 9.98. The predicted molar refractivity (Wildman–Crippen MR) is 132 cm³/mol. The van der Waals surface area contributed by atoms with E-state index in [9.17, 15) is 14.4 Å². The number of rotatable bonds is 9. The molecule has 7 heteroatoms. The van der Waals surface area contributed by atoms with Crippen molar-refractivity contribution in [3.63, 3.8) is 0 Å². The van der Waals surface area contributed by atoms with Crippen molar-refractivity contribution in [2.75, 3.05) is 6.61 Å². The van der Waals surface area contributed by atoms with Crippen molar-refractivity contribution >= 4 is 18.0 Å². The van der Waals surface area contributed by atoms with Gasteiger partial charge in [0.15, 0.2) is 0 Å². The SMILES string of the molecule is CC(NC(=O)OCC1c2ccccc2-c2ccccc21)C(=O)NC(CCC(=O)O)c1ccccc1. The van der Waals surface area contributed by atoms with Crippen LogP contribution < -0.4 is 10.6 Å². The summed E-state index contributed by atoms with van der Waals surface area (Å²) in [7, 11) is 0. The molecule has 0 saturated heterocycles. The van der Waals surface area contributed by atoms with Crippen molar-refractivity contribution in [3.8, 4) is 11.1 Å². The van der Waals surface area contributed by atoms with E-state index in [-0.39, 0.29) is 25.4 Å². The highest BCUT2D eigenvalue weighted by Crippen LogP contribution is 2.44. The van der Waals surface area contributed by atoms with Crippen molar-refractivity contribution in [2.24, 2.45) is 0 Å². The molecule has 4 rings (SSSR count). The Hall–Kier alpha value is -4.13. The third kappa shape index (κ3) is 5.69. The van der Waals surface area contributed by atoms with Gasteiger partial charge in [0.2, 0.25) is 5.91 Å². The molecule has 2 unspecified atom stereocenters. The first-order valence-electron chi connectivity index (χ1n) is 11.6. The number of hydrogen-bond acceptors (Lipinski definition) is 4. The maximum Gasteiger partial charge on any atom is 0.407 e. The molecule has 35 heavy (non-hydrogen) atoms. The second-order valence-corrected chi connectivity index (χ2v) is 8.60. The first-order valence-corrected chi connectivity index (χ1v) is 11.6. The Bertz CT molecular complexity index is 1170. The number of carbonyl (C=O) groups is 3. The molecular formula is C28H28N2O5. The van der Waals surface area contributed by atoms with Gasteiger partial charge in [0, 0.05) is 12.3 Å². The highest BCUT2D eigenvalue weighted by molar-refractivity contribution is 5.85. The van der Waals surface area contributed by atoms with E-state index in [0.29, 0.717) is 0 Å². The van der Waals surface area contributed by atoms with Crippen LogP contribution in [0.4, 0.5) is 4.79 Å². The molecule has 3 aromatic rings. The molecule has 2 amide bonds. The van der Waals surface area contributed by atoms with Crippen LogP contribution in [0.25, 0.3) is 11.1 Å². The minimum atomic E-state index is -0.940. The van der Waals surface area contributed by atoms with Gasteiger partial charge in [0.1, 0.15) is 12.6 Å². The number of carboxylic acids is 1. The molecule has 0 aliphatic heterocycles. The average molecular weight is 473 g/mol. The molecule has 7 nitrogen and oxygen atoms in total. The van der Waals surface area contributed by atoms with E-state index in [4.69, 9.17) is 9.84 Å². The molecule has 3 N–H and O–H groups in total. The van der Waals surface area contributed by atoms with Crippen molar-refractivity contribution in [2.45, 2.75) is 37.8 Å². The summed E-state index contributed by atoms with van der Waals surface area (Å²) in [5.74, 6) is -1.43. The molecule has 3 aromatic carbocycles. The molecule has 0 saturated carbocycles. The summed E-state index contributed by atoms with van der Waals surface area (Å²) in [4.78, 5) is 36.3. The topological polar surface area (TPSA) is 105 Å². The number of nitrogens with one attached hydrogen (secondary N) is 2. The van der Waals surface area contributed by atoms with E-state index in [2.05, 4.69) is 22.8 Å². The van der Waals surface area contributed by atoms with Crippen molar-refractivity contribution in [1.82, 2.24) is 10.6 Å². The molecule has 0 spiro atoms. The number of benzene rings is 3. The normalized spacial score (nSPS) is 13.7. The summed E-state index contributed by atoms with van der Waals surface area (Å²) in [6.45, 7) is 1.72. The summed E-state index contributed by atoms with van der Waals surface area (Å²) in [5, 5.41) is 14.5. The number of carboxylic acid groups (broad SMARTS) is 1. The van der Waals surface area contributed by atoms with Crippen LogP contribution in [-0.2, 0) is 14.3 Å². The van der Waals surface area contributed by atoms with Gasteiger partial charge in [-0.1, -0.05) is 78.9 Å². The molecular weight excluding hydrogens is 444 g/mol. The molecule has 0 heterocycles. The zero-order valence-electron chi connectivity index (χ0n) is 19.4. The van der Waals surface area contributed by atoms with Crippen LogP contribution in [-0.4, -0.2) is 35.7 Å². The maximum absolute atomic E-state index is 12.8. The molecule has 0 aromatic heterocycles. The van der Waals surface area contributed by atoms with Crippen molar-refractivity contribution in [1.29, 1.82) is 0 Å². The summed E-state index contributed by atoms with van der Waals surface area (Å²) < 4.78 is 5.52. The average Bonchev–Trinajstić information content (AvgIpc) is 3.19. The maximum atomic E-state index is 12.8. The highest BCUT2D eigenvalue weighted by atomic mass is 16.5. The van der Waals surface area contributed by atoms with Gasteiger partial charge >= 0.3 is 12.1 Å². The van der Waals surface area contributed by atoms with Crippen LogP contribution in [0.1, 0.15) is 48.4 Å². The summed E-state index contributed by atoms with van der Waals surface area (Å²) in [6.07, 6.45) is -0.534. The molecule has 0 radical (unpaired) electrons. The van der Waals surface area contributed by atoms with Gasteiger partial charge in [-0.15, -0.1) is 0 Å². The third-order valence-electron chi connectivity index (χ3n) is 6.24. The second-order valence-electron chi connectivity index (χ2n) is 8.60. The van der Waals surface area contributed by atoms with E-state index >= 15 is 0 Å². The molecule has 2 atom stereocenters. The van der Waals surface area contributed by atoms with Gasteiger partial charge in [0.25, 0.3) is 0 Å². The van der Waals surface area contributed by atoms with Crippen molar-refractivity contribution in [3.05, 3.63) is 95.6 Å². The Labute approximate surface area is 204 Å². The van der Waals surface area contributed by atoms with Crippen LogP contribution in [0, 0.1) is 0 Å². The number of ether oxygens (including phenoxy) is 1. The number of hydrogen-bond donors (Lipinski definition) is 3. The highest BCUT2D eigenvalue weighted by Gasteiger charge is 2.29. The van der Waals surface area contributed by atoms with E-state index in [1.807, 2.05) is 66.7 Å². The number of amides is 2. The van der Waals surface area contributed by atoms with Crippen LogP contribution in [0.2, 0.25) is 0 Å². The quantitative estimate of drug-likeness (QED) is 0.421. The van der Waals surface area contributed by atoms with Crippen LogP contribution >= 0.6 is 0 Å². The van der Waals surface area contributed by atoms with Gasteiger partial charge in [-0.05, 0) is 41.2 Å². The summed E-state index contributed by atoms with van der Waals surface area (Å²) >= 11 is 0. The number of carbonyl (C=O) groups excluding carboxylic acids is 2. The largest absolute Gasteiger partial charge is 0.481 e. The van der Waals surface area contributed by atoms with E-state index in [1.54, 1.807) is 6.92 Å². The lowest BCUT2D eigenvalue weighted by Crippen LogP contribution is -2.46. The fourth-order valence-corrected chi connectivity index (χ4v) is 4.45. The fourth-order valence-electron chi connectivity index (χ4n) is 4.45. The number of alkyl carbamates (subject to hydrolysis) is 1. The minimum absolute atomic E-state index is 0.0734.